The number of hydrogen-bond acceptors (Lipinski definition) is 5. The number of nitrogens with two attached hydrogens (primary N) is 1. The number of nitrogens with zero attached hydrogens (tertiary/aromatic N) is 2. The molecule has 6 heteroatoms. The summed E-state index contributed by atoms with van der Waals surface area (Å²) in [5.74, 6) is -0.00968. The Morgan fingerprint density at radius 3 is 2.93 bits per heavy atom. The first-order valence-corrected chi connectivity index (χ1v) is 4.70. The summed E-state index contributed by atoms with van der Waals surface area (Å²) in [4.78, 5) is 13.8. The quantitative estimate of drug-likeness (QED) is 0.589. The summed E-state index contributed by atoms with van der Waals surface area (Å²) in [6.07, 6.45) is 3.41. The minimum atomic E-state index is -0.544. The van der Waals surface area contributed by atoms with Crippen molar-refractivity contribution in [3.63, 3.8) is 0 Å². The van der Waals surface area contributed by atoms with E-state index in [1.54, 1.807) is 6.07 Å². The molecule has 1 heterocycles. The normalized spacial score (nSPS) is 15.0. The first-order chi connectivity index (χ1) is 7.20. The molecular weight excluding hydrogens is 198 g/mol. The van der Waals surface area contributed by atoms with Crippen LogP contribution in [0.5, 0.6) is 5.75 Å². The molecule has 1 saturated carbocycles. The number of hydrogen-bond donors (Lipinski definition) is 1. The highest BCUT2D eigenvalue weighted by Gasteiger charge is 2.28. The average molecular weight is 209 g/mol. The summed E-state index contributed by atoms with van der Waals surface area (Å²) in [6, 6.07) is 1.59. The van der Waals surface area contributed by atoms with Crippen molar-refractivity contribution in [2.75, 3.05) is 0 Å². The number of pyridine rings is 1. The molecule has 2 N–H and O–H groups in total. The van der Waals surface area contributed by atoms with Gasteiger partial charge in [-0.3, -0.25) is 0 Å². The average Bonchev–Trinajstić information content (AvgIpc) is 3.01. The first kappa shape index (κ1) is 9.85. The third-order valence-electron chi connectivity index (χ3n) is 2.12. The van der Waals surface area contributed by atoms with E-state index in [1.165, 1.54) is 6.20 Å². The minimum Gasteiger partial charge on any atom is -0.482 e. The van der Waals surface area contributed by atoms with Gasteiger partial charge in [0, 0.05) is 12.1 Å². The molecule has 0 bridgehead atoms. The zero-order valence-electron chi connectivity index (χ0n) is 8.05. The summed E-state index contributed by atoms with van der Waals surface area (Å²) < 4.78 is 5.40. The van der Waals surface area contributed by atoms with Crippen LogP contribution in [-0.4, -0.2) is 16.0 Å². The Morgan fingerprint density at radius 2 is 2.40 bits per heavy atom. The number of ether oxygens (including phenoxy) is 1. The molecular formula is C9H11N3O3. The molecule has 80 valence electrons. The lowest BCUT2D eigenvalue weighted by Crippen LogP contribution is -2.04. The lowest BCUT2D eigenvalue weighted by molar-refractivity contribution is -0.390. The third kappa shape index (κ3) is 2.21. The van der Waals surface area contributed by atoms with Gasteiger partial charge in [0.15, 0.2) is 0 Å². The van der Waals surface area contributed by atoms with E-state index in [0.29, 0.717) is 6.54 Å². The van der Waals surface area contributed by atoms with Gasteiger partial charge in [-0.2, -0.15) is 0 Å². The van der Waals surface area contributed by atoms with Crippen molar-refractivity contribution in [1.82, 2.24) is 4.98 Å². The molecule has 1 aromatic heterocycles. The molecule has 1 fully saturated rings. The number of nitro groups is 1. The predicted molar refractivity (Wildman–Crippen MR) is 52.4 cm³/mol. The fraction of sp³-hybridized carbons (Fsp3) is 0.444. The van der Waals surface area contributed by atoms with Crippen molar-refractivity contribution in [2.45, 2.75) is 25.5 Å². The Bertz CT molecular complexity index is 390. The van der Waals surface area contributed by atoms with E-state index in [1.807, 2.05) is 0 Å². The smallest absolute Gasteiger partial charge is 0.406 e. The highest BCUT2D eigenvalue weighted by atomic mass is 16.6. The van der Waals surface area contributed by atoms with Gasteiger partial charge in [-0.15, -0.1) is 0 Å². The largest absolute Gasteiger partial charge is 0.482 e. The Kier molecular flexibility index (Phi) is 2.51. The Hall–Kier alpha value is -1.69. The summed E-state index contributed by atoms with van der Waals surface area (Å²) in [5, 5.41) is 10.7. The van der Waals surface area contributed by atoms with Crippen LogP contribution < -0.4 is 10.5 Å². The van der Waals surface area contributed by atoms with Gasteiger partial charge in [0.05, 0.1) is 6.10 Å². The zero-order chi connectivity index (χ0) is 10.8. The maximum absolute atomic E-state index is 10.7. The summed E-state index contributed by atoms with van der Waals surface area (Å²) in [7, 11) is 0. The minimum absolute atomic E-state index is 0.110. The van der Waals surface area contributed by atoms with Crippen LogP contribution in [0.2, 0.25) is 0 Å². The molecule has 0 atom stereocenters. The van der Waals surface area contributed by atoms with E-state index in [-0.39, 0.29) is 17.7 Å². The van der Waals surface area contributed by atoms with E-state index in [4.69, 9.17) is 10.5 Å². The summed E-state index contributed by atoms with van der Waals surface area (Å²) in [5.41, 5.74) is 6.16. The SMILES string of the molecule is NCc1cnc([N+](=O)[O-])c(OC2CC2)c1. The molecule has 0 unspecified atom stereocenters. The second kappa shape index (κ2) is 3.82. The molecule has 1 aliphatic rings. The molecule has 0 aliphatic heterocycles. The lowest BCUT2D eigenvalue weighted by Gasteiger charge is -2.05. The van der Waals surface area contributed by atoms with Gasteiger partial charge in [0.1, 0.15) is 6.20 Å². The van der Waals surface area contributed by atoms with Crippen molar-refractivity contribution in [3.8, 4) is 5.75 Å². The van der Waals surface area contributed by atoms with Gasteiger partial charge >= 0.3 is 5.82 Å². The molecule has 6 nitrogen and oxygen atoms in total. The van der Waals surface area contributed by atoms with Crippen LogP contribution in [-0.2, 0) is 6.54 Å². The van der Waals surface area contributed by atoms with Gasteiger partial charge in [-0.05, 0) is 28.8 Å². The van der Waals surface area contributed by atoms with Crippen molar-refractivity contribution in [3.05, 3.63) is 27.9 Å². The maximum Gasteiger partial charge on any atom is 0.406 e. The van der Waals surface area contributed by atoms with Crippen LogP contribution in [0.1, 0.15) is 18.4 Å². The fourth-order valence-electron chi connectivity index (χ4n) is 1.18. The fourth-order valence-corrected chi connectivity index (χ4v) is 1.18. The van der Waals surface area contributed by atoms with Crippen molar-refractivity contribution < 1.29 is 9.66 Å². The molecule has 15 heavy (non-hydrogen) atoms. The van der Waals surface area contributed by atoms with E-state index >= 15 is 0 Å². The van der Waals surface area contributed by atoms with E-state index in [2.05, 4.69) is 4.98 Å². The zero-order valence-corrected chi connectivity index (χ0v) is 8.05. The molecule has 0 saturated heterocycles. The topological polar surface area (TPSA) is 91.3 Å². The molecule has 1 aromatic rings. The van der Waals surface area contributed by atoms with E-state index in [9.17, 15) is 10.1 Å². The van der Waals surface area contributed by atoms with E-state index in [0.717, 1.165) is 18.4 Å². The molecule has 0 aromatic carbocycles. The van der Waals surface area contributed by atoms with Gasteiger partial charge in [0.25, 0.3) is 0 Å². The second-order valence-electron chi connectivity index (χ2n) is 3.44. The highest BCUT2D eigenvalue weighted by Crippen LogP contribution is 2.32. The van der Waals surface area contributed by atoms with Crippen LogP contribution in [0.4, 0.5) is 5.82 Å². The Morgan fingerprint density at radius 1 is 1.67 bits per heavy atom. The molecule has 2 rings (SSSR count). The first-order valence-electron chi connectivity index (χ1n) is 4.70. The molecule has 0 spiro atoms. The van der Waals surface area contributed by atoms with Crippen LogP contribution in [0.15, 0.2) is 12.3 Å². The van der Waals surface area contributed by atoms with Crippen molar-refractivity contribution in [1.29, 1.82) is 0 Å². The van der Waals surface area contributed by atoms with Crippen molar-refractivity contribution in [2.24, 2.45) is 5.73 Å². The van der Waals surface area contributed by atoms with E-state index < -0.39 is 4.92 Å². The van der Waals surface area contributed by atoms with Gasteiger partial charge in [-0.1, -0.05) is 0 Å². The van der Waals surface area contributed by atoms with Crippen LogP contribution in [0.3, 0.4) is 0 Å². The second-order valence-corrected chi connectivity index (χ2v) is 3.44. The van der Waals surface area contributed by atoms with Gasteiger partial charge in [-0.25, -0.2) is 0 Å². The highest BCUT2D eigenvalue weighted by molar-refractivity contribution is 5.41. The standard InChI is InChI=1S/C9H11N3O3/c10-4-6-3-8(15-7-1-2-7)9(11-5-6)12(13)14/h3,5,7H,1-2,4,10H2. The molecule has 0 amide bonds. The Labute approximate surface area is 86.2 Å². The van der Waals surface area contributed by atoms with Crippen molar-refractivity contribution >= 4 is 5.82 Å². The monoisotopic (exact) mass is 209 g/mol. The number of rotatable bonds is 4. The van der Waals surface area contributed by atoms with Crippen LogP contribution >= 0.6 is 0 Å². The van der Waals surface area contributed by atoms with Crippen LogP contribution in [0.25, 0.3) is 0 Å². The third-order valence-corrected chi connectivity index (χ3v) is 2.12. The Balaban J connectivity index is 2.30. The molecule has 1 aliphatic carbocycles. The summed E-state index contributed by atoms with van der Waals surface area (Å²) in [6.45, 7) is 0.298. The summed E-state index contributed by atoms with van der Waals surface area (Å²) >= 11 is 0. The predicted octanol–water partition coefficient (Wildman–Crippen LogP) is 0.990. The number of aromatic nitrogens is 1. The maximum atomic E-state index is 10.7. The van der Waals surface area contributed by atoms with Gasteiger partial charge in [0.2, 0.25) is 5.75 Å². The van der Waals surface area contributed by atoms with Gasteiger partial charge < -0.3 is 20.6 Å². The van der Waals surface area contributed by atoms with Crippen LogP contribution in [0, 0.1) is 10.1 Å². The lowest BCUT2D eigenvalue weighted by atomic mass is 10.2. The molecule has 0 radical (unpaired) electrons.